The van der Waals surface area contributed by atoms with Crippen LogP contribution in [-0.2, 0) is 9.47 Å². The first kappa shape index (κ1) is 15.3. The van der Waals surface area contributed by atoms with Gasteiger partial charge in [0.15, 0.2) is 0 Å². The average molecular weight is 269 g/mol. The Morgan fingerprint density at radius 3 is 2.63 bits per heavy atom. The van der Waals surface area contributed by atoms with Crippen LogP contribution in [0, 0.1) is 0 Å². The lowest BCUT2D eigenvalue weighted by atomic mass is 9.77. The molecule has 2 aliphatic rings. The molecular formula is C16H31NO2. The monoisotopic (exact) mass is 269 g/mol. The van der Waals surface area contributed by atoms with Crippen molar-refractivity contribution in [2.45, 2.75) is 82.5 Å². The molecule has 0 aromatic carbocycles. The van der Waals surface area contributed by atoms with E-state index >= 15 is 0 Å². The average Bonchev–Trinajstić information content (AvgIpc) is 2.94. The lowest BCUT2D eigenvalue weighted by Crippen LogP contribution is -2.53. The standard InChI is InChI=1S/C16H31NO2/c1-3-19-16(11-5-4-6-12-16)15(17-2)10-9-14-8-7-13-18-14/h14-15,17H,3-13H2,1-2H3. The highest BCUT2D eigenvalue weighted by Gasteiger charge is 2.39. The number of ether oxygens (including phenoxy) is 2. The molecule has 3 heteroatoms. The maximum Gasteiger partial charge on any atom is 0.0834 e. The van der Waals surface area contributed by atoms with Gasteiger partial charge in [0, 0.05) is 19.3 Å². The van der Waals surface area contributed by atoms with E-state index in [-0.39, 0.29) is 5.60 Å². The maximum absolute atomic E-state index is 6.24. The van der Waals surface area contributed by atoms with Gasteiger partial charge >= 0.3 is 0 Å². The van der Waals surface area contributed by atoms with Crippen molar-refractivity contribution in [1.29, 1.82) is 0 Å². The van der Waals surface area contributed by atoms with Gasteiger partial charge in [0.05, 0.1) is 11.7 Å². The third-order valence-corrected chi connectivity index (χ3v) is 4.92. The normalized spacial score (nSPS) is 28.4. The highest BCUT2D eigenvalue weighted by atomic mass is 16.5. The highest BCUT2D eigenvalue weighted by Crippen LogP contribution is 2.36. The van der Waals surface area contributed by atoms with E-state index in [2.05, 4.69) is 19.3 Å². The Bertz CT molecular complexity index is 240. The van der Waals surface area contributed by atoms with Gasteiger partial charge in [-0.1, -0.05) is 19.3 Å². The van der Waals surface area contributed by atoms with Gasteiger partial charge in [-0.15, -0.1) is 0 Å². The van der Waals surface area contributed by atoms with Crippen molar-refractivity contribution in [2.24, 2.45) is 0 Å². The van der Waals surface area contributed by atoms with Crippen molar-refractivity contribution in [3.8, 4) is 0 Å². The SMILES string of the molecule is CCOC1(C(CCC2CCCO2)NC)CCCCC1. The van der Waals surface area contributed by atoms with E-state index in [0.29, 0.717) is 12.1 Å². The van der Waals surface area contributed by atoms with Gasteiger partial charge in [-0.25, -0.2) is 0 Å². The van der Waals surface area contributed by atoms with Gasteiger partial charge in [0.2, 0.25) is 0 Å². The van der Waals surface area contributed by atoms with Crippen LogP contribution in [-0.4, -0.2) is 38.0 Å². The number of nitrogens with one attached hydrogen (secondary N) is 1. The van der Waals surface area contributed by atoms with Gasteiger partial charge < -0.3 is 14.8 Å². The Morgan fingerprint density at radius 2 is 2.05 bits per heavy atom. The molecule has 3 nitrogen and oxygen atoms in total. The van der Waals surface area contributed by atoms with Crippen molar-refractivity contribution >= 4 is 0 Å². The van der Waals surface area contributed by atoms with Crippen LogP contribution in [0.3, 0.4) is 0 Å². The van der Waals surface area contributed by atoms with Gasteiger partial charge in [0.1, 0.15) is 0 Å². The molecule has 19 heavy (non-hydrogen) atoms. The summed E-state index contributed by atoms with van der Waals surface area (Å²) in [7, 11) is 2.09. The summed E-state index contributed by atoms with van der Waals surface area (Å²) >= 11 is 0. The molecule has 0 amide bonds. The van der Waals surface area contributed by atoms with E-state index in [1.165, 1.54) is 57.8 Å². The summed E-state index contributed by atoms with van der Waals surface area (Å²) in [5.41, 5.74) is 0.0837. The zero-order chi connectivity index (χ0) is 13.6. The lowest BCUT2D eigenvalue weighted by Gasteiger charge is -2.43. The molecule has 0 spiro atoms. The third-order valence-electron chi connectivity index (χ3n) is 4.92. The molecule has 1 N–H and O–H groups in total. The minimum absolute atomic E-state index is 0.0837. The topological polar surface area (TPSA) is 30.5 Å². The fourth-order valence-electron chi connectivity index (χ4n) is 3.93. The highest BCUT2D eigenvalue weighted by molar-refractivity contribution is 4.95. The van der Waals surface area contributed by atoms with Crippen LogP contribution in [0.2, 0.25) is 0 Å². The molecule has 0 aromatic heterocycles. The van der Waals surface area contributed by atoms with Gasteiger partial charge in [-0.3, -0.25) is 0 Å². The number of rotatable bonds is 7. The van der Waals surface area contributed by atoms with Crippen LogP contribution in [0.5, 0.6) is 0 Å². The van der Waals surface area contributed by atoms with E-state index < -0.39 is 0 Å². The largest absolute Gasteiger partial charge is 0.378 e. The first-order chi connectivity index (χ1) is 9.30. The second-order valence-electron chi connectivity index (χ2n) is 6.11. The lowest BCUT2D eigenvalue weighted by molar-refractivity contribution is -0.0919. The summed E-state index contributed by atoms with van der Waals surface area (Å²) in [4.78, 5) is 0. The predicted molar refractivity (Wildman–Crippen MR) is 78.5 cm³/mol. The number of hydrogen-bond acceptors (Lipinski definition) is 3. The molecule has 2 fully saturated rings. The van der Waals surface area contributed by atoms with Crippen molar-refractivity contribution < 1.29 is 9.47 Å². The molecular weight excluding hydrogens is 238 g/mol. The van der Waals surface area contributed by atoms with Crippen LogP contribution >= 0.6 is 0 Å². The quantitative estimate of drug-likeness (QED) is 0.769. The summed E-state index contributed by atoms with van der Waals surface area (Å²) in [6.45, 7) is 3.92. The van der Waals surface area contributed by atoms with Crippen molar-refractivity contribution in [1.82, 2.24) is 5.32 Å². The van der Waals surface area contributed by atoms with Crippen LogP contribution in [0.25, 0.3) is 0 Å². The Morgan fingerprint density at radius 1 is 1.26 bits per heavy atom. The van der Waals surface area contributed by atoms with Crippen LogP contribution in [0.4, 0.5) is 0 Å². The minimum Gasteiger partial charge on any atom is -0.378 e. The van der Waals surface area contributed by atoms with Crippen molar-refractivity contribution in [3.63, 3.8) is 0 Å². The first-order valence-electron chi connectivity index (χ1n) is 8.23. The van der Waals surface area contributed by atoms with Gasteiger partial charge in [0.25, 0.3) is 0 Å². The van der Waals surface area contributed by atoms with Crippen molar-refractivity contribution in [2.75, 3.05) is 20.3 Å². The molecule has 2 atom stereocenters. The van der Waals surface area contributed by atoms with E-state index in [4.69, 9.17) is 9.47 Å². The molecule has 0 aromatic rings. The van der Waals surface area contributed by atoms with Gasteiger partial charge in [-0.05, 0) is 52.5 Å². The number of likely N-dealkylation sites (N-methyl/N-ethyl adjacent to an activating group) is 1. The number of hydrogen-bond donors (Lipinski definition) is 1. The van der Waals surface area contributed by atoms with E-state index in [9.17, 15) is 0 Å². The van der Waals surface area contributed by atoms with Gasteiger partial charge in [-0.2, -0.15) is 0 Å². The smallest absolute Gasteiger partial charge is 0.0834 e. The second kappa shape index (κ2) is 7.61. The molecule has 0 bridgehead atoms. The van der Waals surface area contributed by atoms with Crippen LogP contribution in [0.1, 0.15) is 64.7 Å². The summed E-state index contributed by atoms with van der Waals surface area (Å²) in [5.74, 6) is 0. The zero-order valence-corrected chi connectivity index (χ0v) is 12.7. The molecule has 1 heterocycles. The molecule has 1 aliphatic carbocycles. The van der Waals surface area contributed by atoms with E-state index in [1.54, 1.807) is 0 Å². The first-order valence-corrected chi connectivity index (χ1v) is 8.23. The molecule has 0 radical (unpaired) electrons. The Balaban J connectivity index is 1.91. The Labute approximate surface area is 118 Å². The molecule has 1 saturated heterocycles. The zero-order valence-electron chi connectivity index (χ0n) is 12.7. The molecule has 112 valence electrons. The van der Waals surface area contributed by atoms with Crippen LogP contribution in [0.15, 0.2) is 0 Å². The fraction of sp³-hybridized carbons (Fsp3) is 1.00. The third kappa shape index (κ3) is 3.93. The van der Waals surface area contributed by atoms with Crippen molar-refractivity contribution in [3.05, 3.63) is 0 Å². The molecule has 1 saturated carbocycles. The van der Waals surface area contributed by atoms with E-state index in [1.807, 2.05) is 0 Å². The summed E-state index contributed by atoms with van der Waals surface area (Å²) in [6, 6.07) is 0.483. The fourth-order valence-corrected chi connectivity index (χ4v) is 3.93. The maximum atomic E-state index is 6.24. The summed E-state index contributed by atoms with van der Waals surface area (Å²) < 4.78 is 12.0. The van der Waals surface area contributed by atoms with E-state index in [0.717, 1.165) is 13.2 Å². The minimum atomic E-state index is 0.0837. The second-order valence-corrected chi connectivity index (χ2v) is 6.11. The molecule has 2 rings (SSSR count). The predicted octanol–water partition coefficient (Wildman–Crippen LogP) is 3.27. The molecule has 1 aliphatic heterocycles. The molecule has 2 unspecified atom stereocenters. The Kier molecular flexibility index (Phi) is 6.11. The van der Waals surface area contributed by atoms with Crippen LogP contribution < -0.4 is 5.32 Å². The Hall–Kier alpha value is -0.120. The summed E-state index contributed by atoms with van der Waals surface area (Å²) in [5, 5.41) is 3.54. The summed E-state index contributed by atoms with van der Waals surface area (Å²) in [6.07, 6.45) is 11.8.